The largest absolute Gasteiger partial charge is 0.493 e. The van der Waals surface area contributed by atoms with E-state index in [2.05, 4.69) is 5.32 Å². The van der Waals surface area contributed by atoms with E-state index >= 15 is 0 Å². The summed E-state index contributed by atoms with van der Waals surface area (Å²) in [4.78, 5) is 11.9. The summed E-state index contributed by atoms with van der Waals surface area (Å²) in [6.07, 6.45) is 1.40. The van der Waals surface area contributed by atoms with E-state index in [0.29, 0.717) is 12.3 Å². The zero-order chi connectivity index (χ0) is 19.7. The average molecular weight is 391 g/mol. The molecule has 0 bridgehead atoms. The smallest absolute Gasteiger partial charge is 0.223 e. The molecule has 0 saturated carbocycles. The van der Waals surface area contributed by atoms with Gasteiger partial charge in [-0.2, -0.15) is 4.31 Å². The molecular formula is C20H26N2O4S. The lowest BCUT2D eigenvalue weighted by Gasteiger charge is -2.21. The van der Waals surface area contributed by atoms with Gasteiger partial charge in [0.2, 0.25) is 15.9 Å². The van der Waals surface area contributed by atoms with Crippen molar-refractivity contribution in [2.75, 3.05) is 26.0 Å². The summed E-state index contributed by atoms with van der Waals surface area (Å²) in [5.41, 5.74) is 1.98. The topological polar surface area (TPSA) is 75.7 Å². The Kier molecular flexibility index (Phi) is 7.82. The van der Waals surface area contributed by atoms with Crippen LogP contribution in [0.15, 0.2) is 54.6 Å². The molecule has 0 aliphatic carbocycles. The fraction of sp³-hybridized carbons (Fsp3) is 0.350. The molecule has 0 spiro atoms. The van der Waals surface area contributed by atoms with Crippen LogP contribution in [0.25, 0.3) is 0 Å². The van der Waals surface area contributed by atoms with E-state index in [9.17, 15) is 13.2 Å². The molecule has 0 saturated heterocycles. The number of carbonyl (C=O) groups is 1. The molecule has 1 amide bonds. The second-order valence-corrected chi connectivity index (χ2v) is 8.27. The highest BCUT2D eigenvalue weighted by Gasteiger charge is 2.17. The van der Waals surface area contributed by atoms with Gasteiger partial charge in [-0.05, 0) is 30.2 Å². The third-order valence-corrected chi connectivity index (χ3v) is 5.35. The Bertz CT molecular complexity index is 838. The zero-order valence-corrected chi connectivity index (χ0v) is 16.5. The van der Waals surface area contributed by atoms with Gasteiger partial charge in [0.1, 0.15) is 5.75 Å². The molecule has 7 heteroatoms. The van der Waals surface area contributed by atoms with Crippen LogP contribution in [0.3, 0.4) is 0 Å². The molecule has 2 aromatic carbocycles. The van der Waals surface area contributed by atoms with Gasteiger partial charge in [-0.25, -0.2) is 8.42 Å². The Morgan fingerprint density at radius 3 is 2.41 bits per heavy atom. The van der Waals surface area contributed by atoms with Crippen molar-refractivity contribution in [1.29, 1.82) is 0 Å². The van der Waals surface area contributed by atoms with Crippen molar-refractivity contribution in [3.8, 4) is 5.75 Å². The minimum Gasteiger partial charge on any atom is -0.493 e. The van der Waals surface area contributed by atoms with Crippen molar-refractivity contribution in [2.45, 2.75) is 19.9 Å². The number of hydrogen-bond acceptors (Lipinski definition) is 4. The number of benzene rings is 2. The predicted molar refractivity (Wildman–Crippen MR) is 106 cm³/mol. The molecule has 146 valence electrons. The van der Waals surface area contributed by atoms with Crippen LogP contribution < -0.4 is 10.1 Å². The first kappa shape index (κ1) is 20.9. The highest BCUT2D eigenvalue weighted by molar-refractivity contribution is 7.88. The number of ether oxygens (including phenoxy) is 1. The number of nitrogens with one attached hydrogen (secondary N) is 1. The monoisotopic (exact) mass is 390 g/mol. The van der Waals surface area contributed by atoms with Gasteiger partial charge >= 0.3 is 0 Å². The minimum absolute atomic E-state index is 0.171. The number of rotatable bonds is 10. The number of sulfonamides is 1. The van der Waals surface area contributed by atoms with Crippen LogP contribution in [0.1, 0.15) is 17.5 Å². The van der Waals surface area contributed by atoms with Crippen molar-refractivity contribution in [3.05, 3.63) is 65.7 Å². The Hall–Kier alpha value is -2.38. The molecule has 0 radical (unpaired) electrons. The third kappa shape index (κ3) is 7.40. The number of para-hydroxylation sites is 1. The lowest BCUT2D eigenvalue weighted by Crippen LogP contribution is -2.38. The highest BCUT2D eigenvalue weighted by atomic mass is 32.2. The number of nitrogens with zero attached hydrogens (tertiary/aromatic N) is 1. The van der Waals surface area contributed by atoms with Gasteiger partial charge in [-0.15, -0.1) is 0 Å². The molecule has 0 unspecified atom stereocenters. The van der Waals surface area contributed by atoms with Crippen molar-refractivity contribution in [1.82, 2.24) is 9.62 Å². The maximum Gasteiger partial charge on any atom is 0.223 e. The number of hydrogen-bond donors (Lipinski definition) is 1. The van der Waals surface area contributed by atoms with Gasteiger partial charge < -0.3 is 10.1 Å². The first-order valence-corrected chi connectivity index (χ1v) is 10.7. The molecule has 0 aliphatic heterocycles. The Morgan fingerprint density at radius 1 is 1.07 bits per heavy atom. The van der Waals surface area contributed by atoms with Crippen LogP contribution >= 0.6 is 0 Å². The van der Waals surface area contributed by atoms with E-state index in [4.69, 9.17) is 4.74 Å². The predicted octanol–water partition coefficient (Wildman–Crippen LogP) is 2.34. The molecule has 1 N–H and O–H groups in total. The van der Waals surface area contributed by atoms with E-state index in [-0.39, 0.29) is 32.0 Å². The molecule has 0 atom stereocenters. The van der Waals surface area contributed by atoms with E-state index in [0.717, 1.165) is 11.1 Å². The summed E-state index contributed by atoms with van der Waals surface area (Å²) in [7, 11) is -3.37. The SMILES string of the molecule is Cc1ccccc1CN(CCNC(=O)CCOc1ccccc1)S(C)(=O)=O. The third-order valence-electron chi connectivity index (χ3n) is 4.10. The summed E-state index contributed by atoms with van der Waals surface area (Å²) in [5.74, 6) is 0.544. The minimum atomic E-state index is -3.37. The summed E-state index contributed by atoms with van der Waals surface area (Å²) >= 11 is 0. The summed E-state index contributed by atoms with van der Waals surface area (Å²) in [5, 5.41) is 2.75. The molecule has 27 heavy (non-hydrogen) atoms. The first-order valence-electron chi connectivity index (χ1n) is 8.80. The normalized spacial score (nSPS) is 11.4. The average Bonchev–Trinajstić information content (AvgIpc) is 2.62. The van der Waals surface area contributed by atoms with Crippen LogP contribution in [0, 0.1) is 6.92 Å². The first-order chi connectivity index (χ1) is 12.9. The van der Waals surface area contributed by atoms with Gasteiger partial charge in [0, 0.05) is 19.6 Å². The van der Waals surface area contributed by atoms with E-state index in [1.807, 2.05) is 61.5 Å². The summed E-state index contributed by atoms with van der Waals surface area (Å²) in [6, 6.07) is 16.9. The maximum atomic E-state index is 12.0. The number of amides is 1. The summed E-state index contributed by atoms with van der Waals surface area (Å²) < 4.78 is 30.9. The van der Waals surface area contributed by atoms with Gasteiger partial charge in [0.15, 0.2) is 0 Å². The van der Waals surface area contributed by atoms with Crippen LogP contribution in [-0.4, -0.2) is 44.6 Å². The second kappa shape index (κ2) is 10.1. The van der Waals surface area contributed by atoms with Gasteiger partial charge in [0.25, 0.3) is 0 Å². The fourth-order valence-electron chi connectivity index (χ4n) is 2.53. The van der Waals surface area contributed by atoms with E-state index in [1.165, 1.54) is 10.6 Å². The molecule has 0 aliphatic rings. The molecule has 0 aromatic heterocycles. The summed E-state index contributed by atoms with van der Waals surface area (Å²) in [6.45, 7) is 2.99. The number of carbonyl (C=O) groups excluding carboxylic acids is 1. The molecule has 0 fully saturated rings. The van der Waals surface area contributed by atoms with Gasteiger partial charge in [0.05, 0.1) is 19.3 Å². The lowest BCUT2D eigenvalue weighted by molar-refractivity contribution is -0.121. The van der Waals surface area contributed by atoms with Crippen molar-refractivity contribution >= 4 is 15.9 Å². The van der Waals surface area contributed by atoms with Crippen molar-refractivity contribution in [2.24, 2.45) is 0 Å². The van der Waals surface area contributed by atoms with E-state index in [1.54, 1.807) is 0 Å². The van der Waals surface area contributed by atoms with Crippen molar-refractivity contribution in [3.63, 3.8) is 0 Å². The van der Waals surface area contributed by atoms with E-state index < -0.39 is 10.0 Å². The lowest BCUT2D eigenvalue weighted by atomic mass is 10.1. The fourth-order valence-corrected chi connectivity index (χ4v) is 3.32. The molecule has 2 aromatic rings. The van der Waals surface area contributed by atoms with Crippen LogP contribution in [-0.2, 0) is 21.4 Å². The molecular weight excluding hydrogens is 364 g/mol. The van der Waals surface area contributed by atoms with Crippen LogP contribution in [0.5, 0.6) is 5.75 Å². The van der Waals surface area contributed by atoms with Crippen molar-refractivity contribution < 1.29 is 17.9 Å². The van der Waals surface area contributed by atoms with Gasteiger partial charge in [-0.1, -0.05) is 42.5 Å². The van der Waals surface area contributed by atoms with Crippen LogP contribution in [0.2, 0.25) is 0 Å². The molecule has 6 nitrogen and oxygen atoms in total. The maximum absolute atomic E-state index is 12.0. The molecule has 2 rings (SSSR count). The Morgan fingerprint density at radius 2 is 1.74 bits per heavy atom. The molecule has 0 heterocycles. The highest BCUT2D eigenvalue weighted by Crippen LogP contribution is 2.12. The Balaban J connectivity index is 1.78. The standard InChI is InChI=1S/C20H26N2O4S/c1-17-8-6-7-9-18(17)16-22(27(2,24)25)14-13-21-20(23)12-15-26-19-10-4-3-5-11-19/h3-11H,12-16H2,1-2H3,(H,21,23). The van der Waals surface area contributed by atoms with Gasteiger partial charge in [-0.3, -0.25) is 4.79 Å². The Labute approximate surface area is 161 Å². The zero-order valence-electron chi connectivity index (χ0n) is 15.7. The van der Waals surface area contributed by atoms with Crippen LogP contribution in [0.4, 0.5) is 0 Å². The quantitative estimate of drug-likeness (QED) is 0.676. The second-order valence-electron chi connectivity index (χ2n) is 6.28. The number of aryl methyl sites for hydroxylation is 1.